The van der Waals surface area contributed by atoms with Gasteiger partial charge in [-0.1, -0.05) is 30.3 Å². The summed E-state index contributed by atoms with van der Waals surface area (Å²) in [6, 6.07) is 14.4. The predicted octanol–water partition coefficient (Wildman–Crippen LogP) is 5.91. The fraction of sp³-hybridized carbons (Fsp3) is 0.111. The number of halogens is 2. The van der Waals surface area contributed by atoms with E-state index in [1.165, 1.54) is 42.3 Å². The van der Waals surface area contributed by atoms with Crippen LogP contribution in [0.2, 0.25) is 5.02 Å². The summed E-state index contributed by atoms with van der Waals surface area (Å²) in [6.07, 6.45) is 1.61. The SMILES string of the molecule is C=CCOc1ccc(C2c3c(oc4ccc(Cl)cc4c3=O)C(=O)N2c2ccc(F)cc2)cc1OC. The van der Waals surface area contributed by atoms with Gasteiger partial charge in [-0.05, 0) is 60.2 Å². The van der Waals surface area contributed by atoms with Crippen LogP contribution >= 0.6 is 11.6 Å². The fourth-order valence-corrected chi connectivity index (χ4v) is 4.42. The quantitative estimate of drug-likeness (QED) is 0.314. The zero-order chi connectivity index (χ0) is 24.7. The molecular weight excluding hydrogens is 473 g/mol. The number of ether oxygens (including phenoxy) is 2. The van der Waals surface area contributed by atoms with Crippen molar-refractivity contribution in [3.8, 4) is 11.5 Å². The molecule has 35 heavy (non-hydrogen) atoms. The monoisotopic (exact) mass is 491 g/mol. The molecule has 1 amide bonds. The van der Waals surface area contributed by atoms with Crippen LogP contribution in [-0.2, 0) is 0 Å². The summed E-state index contributed by atoms with van der Waals surface area (Å²) in [6.45, 7) is 3.92. The Kier molecular flexibility index (Phi) is 5.78. The lowest BCUT2D eigenvalue weighted by atomic mass is 9.97. The van der Waals surface area contributed by atoms with Gasteiger partial charge in [-0.25, -0.2) is 4.39 Å². The van der Waals surface area contributed by atoms with E-state index in [-0.39, 0.29) is 34.3 Å². The summed E-state index contributed by atoms with van der Waals surface area (Å²) in [5, 5.41) is 0.624. The molecule has 0 aliphatic carbocycles. The van der Waals surface area contributed by atoms with E-state index in [1.807, 2.05) is 0 Å². The standard InChI is InChI=1S/C27H19ClFNO5/c1-3-12-34-21-10-4-15(13-22(21)33-2)24-23-25(31)19-14-16(28)5-11-20(19)35-26(23)27(32)30(24)18-8-6-17(29)7-9-18/h3-11,13-14,24H,1,12H2,2H3. The summed E-state index contributed by atoms with van der Waals surface area (Å²) in [7, 11) is 1.50. The molecule has 1 aliphatic heterocycles. The van der Waals surface area contributed by atoms with Crippen molar-refractivity contribution in [1.29, 1.82) is 0 Å². The van der Waals surface area contributed by atoms with Gasteiger partial charge in [0.1, 0.15) is 18.0 Å². The Morgan fingerprint density at radius 1 is 1.09 bits per heavy atom. The molecule has 0 bridgehead atoms. The average molecular weight is 492 g/mol. The molecular formula is C27H19ClFNO5. The number of anilines is 1. The van der Waals surface area contributed by atoms with Crippen molar-refractivity contribution < 1.29 is 23.1 Å². The molecule has 6 nitrogen and oxygen atoms in total. The van der Waals surface area contributed by atoms with Crippen molar-refractivity contribution in [2.24, 2.45) is 0 Å². The molecule has 1 aromatic heterocycles. The number of nitrogens with zero attached hydrogens (tertiary/aromatic N) is 1. The highest BCUT2D eigenvalue weighted by molar-refractivity contribution is 6.31. The van der Waals surface area contributed by atoms with Crippen LogP contribution in [0.15, 0.2) is 82.5 Å². The minimum atomic E-state index is -0.857. The van der Waals surface area contributed by atoms with Crippen molar-refractivity contribution in [2.75, 3.05) is 18.6 Å². The van der Waals surface area contributed by atoms with Crippen LogP contribution in [0.4, 0.5) is 10.1 Å². The second-order valence-electron chi connectivity index (χ2n) is 7.88. The van der Waals surface area contributed by atoms with Crippen LogP contribution < -0.4 is 19.8 Å². The lowest BCUT2D eigenvalue weighted by molar-refractivity contribution is 0.0971. The first kappa shape index (κ1) is 22.7. The van der Waals surface area contributed by atoms with Gasteiger partial charge >= 0.3 is 0 Å². The van der Waals surface area contributed by atoms with Gasteiger partial charge in [0.2, 0.25) is 5.76 Å². The van der Waals surface area contributed by atoms with E-state index in [0.717, 1.165) is 0 Å². The van der Waals surface area contributed by atoms with Crippen molar-refractivity contribution in [2.45, 2.75) is 6.04 Å². The molecule has 0 fully saturated rings. The number of amides is 1. The Hall–Kier alpha value is -4.10. The van der Waals surface area contributed by atoms with Gasteiger partial charge in [0.25, 0.3) is 5.91 Å². The van der Waals surface area contributed by atoms with Gasteiger partial charge < -0.3 is 13.9 Å². The second kappa shape index (κ2) is 8.92. The van der Waals surface area contributed by atoms with Crippen LogP contribution in [0, 0.1) is 5.82 Å². The highest BCUT2D eigenvalue weighted by Gasteiger charge is 2.44. The maximum absolute atomic E-state index is 13.7. The second-order valence-corrected chi connectivity index (χ2v) is 8.31. The van der Waals surface area contributed by atoms with E-state index >= 15 is 0 Å². The smallest absolute Gasteiger partial charge is 0.295 e. The maximum Gasteiger partial charge on any atom is 0.295 e. The molecule has 5 rings (SSSR count). The normalized spacial score (nSPS) is 14.8. The molecule has 1 atom stereocenters. The van der Waals surface area contributed by atoms with E-state index in [2.05, 4.69) is 6.58 Å². The first-order chi connectivity index (χ1) is 16.9. The molecule has 2 heterocycles. The topological polar surface area (TPSA) is 69.0 Å². The third-order valence-electron chi connectivity index (χ3n) is 5.80. The summed E-state index contributed by atoms with van der Waals surface area (Å²) in [5.41, 5.74) is 1.02. The van der Waals surface area contributed by atoms with Gasteiger partial charge in [-0.15, -0.1) is 0 Å². The minimum Gasteiger partial charge on any atom is -0.493 e. The largest absolute Gasteiger partial charge is 0.493 e. The molecule has 3 aromatic carbocycles. The molecule has 0 saturated carbocycles. The minimum absolute atomic E-state index is 0.0786. The zero-order valence-corrected chi connectivity index (χ0v) is 19.3. The molecule has 1 unspecified atom stereocenters. The van der Waals surface area contributed by atoms with E-state index in [4.69, 9.17) is 25.5 Å². The Bertz CT molecular complexity index is 1530. The van der Waals surface area contributed by atoms with Crippen LogP contribution in [0.5, 0.6) is 11.5 Å². The lowest BCUT2D eigenvalue weighted by Gasteiger charge is -2.26. The van der Waals surface area contributed by atoms with Crippen LogP contribution in [-0.4, -0.2) is 19.6 Å². The Balaban J connectivity index is 1.76. The molecule has 1 aliphatic rings. The summed E-state index contributed by atoms with van der Waals surface area (Å²) < 4.78 is 30.7. The third kappa shape index (κ3) is 3.84. The Morgan fingerprint density at radius 2 is 1.86 bits per heavy atom. The number of hydrogen-bond donors (Lipinski definition) is 0. The molecule has 176 valence electrons. The molecule has 4 aromatic rings. The van der Waals surface area contributed by atoms with E-state index in [9.17, 15) is 14.0 Å². The molecule has 0 saturated heterocycles. The van der Waals surface area contributed by atoms with Gasteiger partial charge in [0.05, 0.1) is 24.1 Å². The number of carbonyl (C=O) groups is 1. The first-order valence-corrected chi connectivity index (χ1v) is 11.1. The lowest BCUT2D eigenvalue weighted by Crippen LogP contribution is -2.29. The van der Waals surface area contributed by atoms with E-state index < -0.39 is 17.8 Å². The zero-order valence-electron chi connectivity index (χ0n) is 18.6. The first-order valence-electron chi connectivity index (χ1n) is 10.7. The fourth-order valence-electron chi connectivity index (χ4n) is 4.25. The van der Waals surface area contributed by atoms with E-state index in [1.54, 1.807) is 36.4 Å². The summed E-state index contributed by atoms with van der Waals surface area (Å²) in [5.74, 6) is -0.153. The van der Waals surface area contributed by atoms with Gasteiger partial charge in [0.15, 0.2) is 16.9 Å². The van der Waals surface area contributed by atoms with Gasteiger partial charge in [0, 0.05) is 10.7 Å². The number of methoxy groups -OCH3 is 1. The predicted molar refractivity (Wildman–Crippen MR) is 131 cm³/mol. The number of fused-ring (bicyclic) bond motifs is 2. The van der Waals surface area contributed by atoms with Crippen LogP contribution in [0.25, 0.3) is 11.0 Å². The highest BCUT2D eigenvalue weighted by atomic mass is 35.5. The number of hydrogen-bond acceptors (Lipinski definition) is 5. The summed E-state index contributed by atoms with van der Waals surface area (Å²) in [4.78, 5) is 28.7. The molecule has 0 spiro atoms. The van der Waals surface area contributed by atoms with Gasteiger partial charge in [-0.3, -0.25) is 14.5 Å². The van der Waals surface area contributed by atoms with Crippen molar-refractivity contribution in [3.05, 3.63) is 111 Å². The van der Waals surface area contributed by atoms with Crippen LogP contribution in [0.1, 0.15) is 27.7 Å². The number of carbonyl (C=O) groups excluding carboxylic acids is 1. The number of rotatable bonds is 6. The molecule has 8 heteroatoms. The third-order valence-corrected chi connectivity index (χ3v) is 6.03. The Labute approximate surface area is 204 Å². The Morgan fingerprint density at radius 3 is 2.57 bits per heavy atom. The van der Waals surface area contributed by atoms with E-state index in [0.29, 0.717) is 27.8 Å². The van der Waals surface area contributed by atoms with Crippen molar-refractivity contribution in [1.82, 2.24) is 0 Å². The maximum atomic E-state index is 13.7. The molecule has 0 radical (unpaired) electrons. The van der Waals surface area contributed by atoms with Crippen LogP contribution in [0.3, 0.4) is 0 Å². The summed E-state index contributed by atoms with van der Waals surface area (Å²) >= 11 is 6.13. The van der Waals surface area contributed by atoms with Gasteiger partial charge in [-0.2, -0.15) is 0 Å². The molecule has 0 N–H and O–H groups in total. The van der Waals surface area contributed by atoms with Crippen molar-refractivity contribution in [3.63, 3.8) is 0 Å². The highest BCUT2D eigenvalue weighted by Crippen LogP contribution is 2.43. The number of benzene rings is 3. The average Bonchev–Trinajstić information content (AvgIpc) is 3.16. The van der Waals surface area contributed by atoms with Crippen molar-refractivity contribution >= 4 is 34.2 Å².